The van der Waals surface area contributed by atoms with E-state index in [1.165, 1.54) is 12.5 Å². The second-order valence-electron chi connectivity index (χ2n) is 5.85. The SMILES string of the molecule is CC(=O)c1ccc(NC(=O)[C@H](C)[NH+](C)Cc2ccccc2)cc1. The fraction of sp³-hybridized carbons (Fsp3) is 0.263. The Morgan fingerprint density at radius 1 is 1.04 bits per heavy atom. The molecule has 2 aromatic carbocycles. The monoisotopic (exact) mass is 311 g/mol. The molecule has 0 radical (unpaired) electrons. The summed E-state index contributed by atoms with van der Waals surface area (Å²) >= 11 is 0. The van der Waals surface area contributed by atoms with Crippen molar-refractivity contribution in [2.75, 3.05) is 12.4 Å². The van der Waals surface area contributed by atoms with Gasteiger partial charge in [0.1, 0.15) is 6.54 Å². The van der Waals surface area contributed by atoms with Gasteiger partial charge in [0.25, 0.3) is 5.91 Å². The zero-order valence-electron chi connectivity index (χ0n) is 13.8. The molecule has 0 aromatic heterocycles. The van der Waals surface area contributed by atoms with Gasteiger partial charge in [-0.1, -0.05) is 30.3 Å². The van der Waals surface area contributed by atoms with Gasteiger partial charge in [0.2, 0.25) is 0 Å². The maximum absolute atomic E-state index is 12.4. The third-order valence-corrected chi connectivity index (χ3v) is 4.02. The van der Waals surface area contributed by atoms with Crippen molar-refractivity contribution < 1.29 is 14.5 Å². The number of amides is 1. The van der Waals surface area contributed by atoms with Crippen molar-refractivity contribution in [2.24, 2.45) is 0 Å². The Hall–Kier alpha value is -2.46. The number of hydrogen-bond donors (Lipinski definition) is 2. The Kier molecular flexibility index (Phi) is 5.66. The number of carbonyl (C=O) groups excluding carboxylic acids is 2. The van der Waals surface area contributed by atoms with Crippen LogP contribution in [-0.2, 0) is 11.3 Å². The Morgan fingerprint density at radius 2 is 1.65 bits per heavy atom. The van der Waals surface area contributed by atoms with Crippen LogP contribution in [0, 0.1) is 0 Å². The van der Waals surface area contributed by atoms with E-state index in [0.29, 0.717) is 11.3 Å². The predicted molar refractivity (Wildman–Crippen MR) is 91.6 cm³/mol. The van der Waals surface area contributed by atoms with Crippen LogP contribution < -0.4 is 10.2 Å². The van der Waals surface area contributed by atoms with E-state index < -0.39 is 0 Å². The average Bonchev–Trinajstić information content (AvgIpc) is 2.55. The van der Waals surface area contributed by atoms with E-state index in [1.54, 1.807) is 24.3 Å². The normalized spacial score (nSPS) is 13.2. The number of nitrogens with one attached hydrogen (secondary N) is 2. The van der Waals surface area contributed by atoms with Crippen LogP contribution in [0.2, 0.25) is 0 Å². The molecule has 23 heavy (non-hydrogen) atoms. The summed E-state index contributed by atoms with van der Waals surface area (Å²) in [6, 6.07) is 16.9. The number of quaternary nitrogens is 1. The number of ketones is 1. The van der Waals surface area contributed by atoms with Gasteiger partial charge in [-0.15, -0.1) is 0 Å². The van der Waals surface area contributed by atoms with Gasteiger partial charge in [-0.3, -0.25) is 9.59 Å². The minimum Gasteiger partial charge on any atom is -0.324 e. The topological polar surface area (TPSA) is 50.6 Å². The number of benzene rings is 2. The molecule has 1 amide bonds. The Labute approximate surface area is 137 Å². The lowest BCUT2D eigenvalue weighted by Crippen LogP contribution is -3.12. The van der Waals surface area contributed by atoms with Gasteiger partial charge >= 0.3 is 0 Å². The highest BCUT2D eigenvalue weighted by atomic mass is 16.2. The lowest BCUT2D eigenvalue weighted by atomic mass is 10.1. The maximum atomic E-state index is 12.4. The van der Waals surface area contributed by atoms with Crippen LogP contribution in [0.5, 0.6) is 0 Å². The molecule has 2 atom stereocenters. The molecule has 0 saturated carbocycles. The second kappa shape index (κ2) is 7.70. The zero-order chi connectivity index (χ0) is 16.8. The zero-order valence-corrected chi connectivity index (χ0v) is 13.8. The van der Waals surface area contributed by atoms with Crippen molar-refractivity contribution in [3.8, 4) is 0 Å². The first-order chi connectivity index (χ1) is 11.0. The van der Waals surface area contributed by atoms with Crippen LogP contribution in [0.25, 0.3) is 0 Å². The largest absolute Gasteiger partial charge is 0.324 e. The van der Waals surface area contributed by atoms with E-state index in [0.717, 1.165) is 11.4 Å². The number of rotatable bonds is 6. The highest BCUT2D eigenvalue weighted by molar-refractivity contribution is 5.96. The molecular weight excluding hydrogens is 288 g/mol. The molecule has 2 rings (SSSR count). The summed E-state index contributed by atoms with van der Waals surface area (Å²) in [5.74, 6) is -0.0164. The highest BCUT2D eigenvalue weighted by Gasteiger charge is 2.22. The number of Topliss-reactive ketones (excluding diaryl/α,β-unsaturated/α-hetero) is 1. The smallest absolute Gasteiger partial charge is 0.282 e. The molecule has 0 saturated heterocycles. The van der Waals surface area contributed by atoms with Crippen molar-refractivity contribution in [2.45, 2.75) is 26.4 Å². The standard InChI is InChI=1S/C19H22N2O2/c1-14(21(3)13-16-7-5-4-6-8-16)19(23)20-18-11-9-17(10-12-18)15(2)22/h4-12,14H,13H2,1-3H3,(H,20,23)/p+1/t14-/m0/s1. The van der Waals surface area contributed by atoms with Gasteiger partial charge in [0, 0.05) is 16.8 Å². The van der Waals surface area contributed by atoms with E-state index in [-0.39, 0.29) is 17.7 Å². The summed E-state index contributed by atoms with van der Waals surface area (Å²) < 4.78 is 0. The third kappa shape index (κ3) is 4.76. The molecule has 4 heteroatoms. The van der Waals surface area contributed by atoms with Gasteiger partial charge in [-0.2, -0.15) is 0 Å². The summed E-state index contributed by atoms with van der Waals surface area (Å²) in [5, 5.41) is 2.90. The third-order valence-electron chi connectivity index (χ3n) is 4.02. The first-order valence-corrected chi connectivity index (χ1v) is 7.75. The Balaban J connectivity index is 1.95. The van der Waals surface area contributed by atoms with Gasteiger partial charge in [0.05, 0.1) is 7.05 Å². The van der Waals surface area contributed by atoms with E-state index in [1.807, 2.05) is 32.2 Å². The van der Waals surface area contributed by atoms with Gasteiger partial charge in [-0.05, 0) is 38.1 Å². The predicted octanol–water partition coefficient (Wildman–Crippen LogP) is 1.93. The molecule has 0 aliphatic heterocycles. The second-order valence-corrected chi connectivity index (χ2v) is 5.85. The van der Waals surface area contributed by atoms with Crippen LogP contribution in [0.15, 0.2) is 54.6 Å². The number of carbonyl (C=O) groups is 2. The Bertz CT molecular complexity index is 666. The quantitative estimate of drug-likeness (QED) is 0.801. The molecule has 120 valence electrons. The average molecular weight is 311 g/mol. The highest BCUT2D eigenvalue weighted by Crippen LogP contribution is 2.10. The van der Waals surface area contributed by atoms with E-state index in [2.05, 4.69) is 17.4 Å². The molecule has 0 aliphatic carbocycles. The molecule has 2 aromatic rings. The lowest BCUT2D eigenvalue weighted by molar-refractivity contribution is -0.907. The van der Waals surface area contributed by atoms with Crippen molar-refractivity contribution >= 4 is 17.4 Å². The van der Waals surface area contributed by atoms with Crippen LogP contribution >= 0.6 is 0 Å². The van der Waals surface area contributed by atoms with Crippen molar-refractivity contribution in [1.29, 1.82) is 0 Å². The van der Waals surface area contributed by atoms with Gasteiger partial charge < -0.3 is 10.2 Å². The first kappa shape index (κ1) is 16.9. The number of likely N-dealkylation sites (N-methyl/N-ethyl adjacent to an activating group) is 1. The van der Waals surface area contributed by atoms with Gasteiger partial charge in [-0.25, -0.2) is 0 Å². The van der Waals surface area contributed by atoms with Crippen molar-refractivity contribution in [3.05, 3.63) is 65.7 Å². The molecule has 0 aliphatic rings. The Morgan fingerprint density at radius 3 is 2.22 bits per heavy atom. The molecule has 1 unspecified atom stereocenters. The molecule has 2 N–H and O–H groups in total. The van der Waals surface area contributed by atoms with Crippen LogP contribution in [-0.4, -0.2) is 24.8 Å². The fourth-order valence-electron chi connectivity index (χ4n) is 2.33. The summed E-state index contributed by atoms with van der Waals surface area (Å²) in [7, 11) is 2.01. The minimum absolute atomic E-state index is 0.0169. The van der Waals surface area contributed by atoms with E-state index in [9.17, 15) is 9.59 Å². The minimum atomic E-state index is -0.178. The molecule has 0 heterocycles. The molecule has 4 nitrogen and oxygen atoms in total. The summed E-state index contributed by atoms with van der Waals surface area (Å²) in [5.41, 5.74) is 2.55. The van der Waals surface area contributed by atoms with E-state index in [4.69, 9.17) is 0 Å². The fourth-order valence-corrected chi connectivity index (χ4v) is 2.33. The number of anilines is 1. The van der Waals surface area contributed by atoms with Crippen molar-refractivity contribution in [3.63, 3.8) is 0 Å². The van der Waals surface area contributed by atoms with Gasteiger partial charge in [0.15, 0.2) is 11.8 Å². The van der Waals surface area contributed by atoms with Crippen LogP contribution in [0.1, 0.15) is 29.8 Å². The maximum Gasteiger partial charge on any atom is 0.282 e. The summed E-state index contributed by atoms with van der Waals surface area (Å²) in [6.45, 7) is 4.23. The summed E-state index contributed by atoms with van der Waals surface area (Å²) in [6.07, 6.45) is 0. The van der Waals surface area contributed by atoms with Crippen molar-refractivity contribution in [1.82, 2.24) is 0 Å². The van der Waals surface area contributed by atoms with Crippen LogP contribution in [0.4, 0.5) is 5.69 Å². The molecular formula is C19H23N2O2+. The molecule has 0 fully saturated rings. The summed E-state index contributed by atoms with van der Waals surface area (Å²) in [4.78, 5) is 24.7. The first-order valence-electron chi connectivity index (χ1n) is 7.75. The molecule has 0 spiro atoms. The number of hydrogen-bond acceptors (Lipinski definition) is 2. The van der Waals surface area contributed by atoms with E-state index >= 15 is 0 Å². The van der Waals surface area contributed by atoms with Crippen LogP contribution in [0.3, 0.4) is 0 Å². The molecule has 0 bridgehead atoms. The lowest BCUT2D eigenvalue weighted by Gasteiger charge is -2.21.